The van der Waals surface area contributed by atoms with Crippen LogP contribution < -0.4 is 0 Å². The number of rotatable bonds is 17. The van der Waals surface area contributed by atoms with Crippen molar-refractivity contribution >= 4 is 0 Å². The average Bonchev–Trinajstić information content (AvgIpc) is 2.50. The molecule has 0 aromatic rings. The van der Waals surface area contributed by atoms with Gasteiger partial charge in [-0.2, -0.15) is 0 Å². The van der Waals surface area contributed by atoms with Crippen molar-refractivity contribution in [3.63, 3.8) is 0 Å². The van der Waals surface area contributed by atoms with E-state index in [2.05, 4.69) is 36.1 Å². The molecule has 0 amide bonds. The first-order valence-electron chi connectivity index (χ1n) is 8.66. The average molecular weight is 305 g/mol. The summed E-state index contributed by atoms with van der Waals surface area (Å²) in [6.45, 7) is 21.4. The molecule has 0 radical (unpaired) electrons. The zero-order valence-electron chi connectivity index (χ0n) is 14.5. The highest BCUT2D eigenvalue weighted by molar-refractivity contribution is 4.80. The highest BCUT2D eigenvalue weighted by atomic mass is 15.1. The standard InChI is InChI=1S/C20H36N2/c1-5-15-21(16-6-2)19-13-11-9-10-12-14-20-22(17-7-3)18-8-4/h5-8H,1-4,9-20H2. The molecule has 0 fully saturated rings. The molecule has 0 aliphatic rings. The quantitative estimate of drug-likeness (QED) is 0.284. The molecule has 0 saturated carbocycles. The van der Waals surface area contributed by atoms with E-state index in [1.54, 1.807) is 0 Å². The van der Waals surface area contributed by atoms with E-state index < -0.39 is 0 Å². The molecule has 0 saturated heterocycles. The monoisotopic (exact) mass is 304 g/mol. The Morgan fingerprint density at radius 2 is 0.727 bits per heavy atom. The SMILES string of the molecule is C=CCN(CC=C)CCCCCCCCN(CC=C)CC=C. The minimum Gasteiger partial charge on any atom is -0.296 e. The van der Waals surface area contributed by atoms with E-state index in [4.69, 9.17) is 0 Å². The van der Waals surface area contributed by atoms with E-state index in [0.29, 0.717) is 0 Å². The summed E-state index contributed by atoms with van der Waals surface area (Å²) >= 11 is 0. The Morgan fingerprint density at radius 3 is 1.00 bits per heavy atom. The first-order chi connectivity index (χ1) is 10.8. The lowest BCUT2D eigenvalue weighted by Gasteiger charge is -2.19. The largest absolute Gasteiger partial charge is 0.296 e. The van der Waals surface area contributed by atoms with Gasteiger partial charge in [0.25, 0.3) is 0 Å². The molecule has 0 heterocycles. The topological polar surface area (TPSA) is 6.48 Å². The third kappa shape index (κ3) is 12.6. The van der Waals surface area contributed by atoms with Crippen LogP contribution in [0, 0.1) is 0 Å². The van der Waals surface area contributed by atoms with Crippen molar-refractivity contribution in [2.45, 2.75) is 38.5 Å². The molecule has 0 rings (SSSR count). The van der Waals surface area contributed by atoms with Gasteiger partial charge in [-0.1, -0.05) is 50.0 Å². The summed E-state index contributed by atoms with van der Waals surface area (Å²) < 4.78 is 0. The van der Waals surface area contributed by atoms with Gasteiger partial charge in [0.2, 0.25) is 0 Å². The van der Waals surface area contributed by atoms with Crippen LogP contribution in [0.4, 0.5) is 0 Å². The van der Waals surface area contributed by atoms with Gasteiger partial charge in [0.05, 0.1) is 0 Å². The number of unbranched alkanes of at least 4 members (excludes halogenated alkanes) is 5. The van der Waals surface area contributed by atoms with Gasteiger partial charge in [-0.3, -0.25) is 9.80 Å². The van der Waals surface area contributed by atoms with Crippen molar-refractivity contribution < 1.29 is 0 Å². The van der Waals surface area contributed by atoms with Crippen LogP contribution in [-0.4, -0.2) is 49.1 Å². The molecule has 0 spiro atoms. The van der Waals surface area contributed by atoms with Gasteiger partial charge in [0.1, 0.15) is 0 Å². The summed E-state index contributed by atoms with van der Waals surface area (Å²) in [7, 11) is 0. The van der Waals surface area contributed by atoms with E-state index in [1.807, 2.05) is 24.3 Å². The Kier molecular flexibility index (Phi) is 15.4. The highest BCUT2D eigenvalue weighted by Gasteiger charge is 2.01. The number of hydrogen-bond donors (Lipinski definition) is 0. The molecule has 0 aromatic carbocycles. The fourth-order valence-corrected chi connectivity index (χ4v) is 2.62. The zero-order chi connectivity index (χ0) is 16.5. The predicted octanol–water partition coefficient (Wildman–Crippen LogP) is 4.68. The van der Waals surface area contributed by atoms with Gasteiger partial charge in [0, 0.05) is 26.2 Å². The molecule has 0 bridgehead atoms. The lowest BCUT2D eigenvalue weighted by atomic mass is 10.1. The van der Waals surface area contributed by atoms with Crippen molar-refractivity contribution in [2.75, 3.05) is 39.3 Å². The highest BCUT2D eigenvalue weighted by Crippen LogP contribution is 2.07. The third-order valence-corrected chi connectivity index (χ3v) is 3.75. The normalized spacial score (nSPS) is 10.8. The van der Waals surface area contributed by atoms with Crippen LogP contribution >= 0.6 is 0 Å². The van der Waals surface area contributed by atoms with Gasteiger partial charge < -0.3 is 0 Å². The number of hydrogen-bond acceptors (Lipinski definition) is 2. The molecule has 0 aliphatic carbocycles. The van der Waals surface area contributed by atoms with Crippen molar-refractivity contribution in [3.05, 3.63) is 50.6 Å². The van der Waals surface area contributed by atoms with Gasteiger partial charge >= 0.3 is 0 Å². The first-order valence-corrected chi connectivity index (χ1v) is 8.66. The van der Waals surface area contributed by atoms with Crippen molar-refractivity contribution in [1.82, 2.24) is 9.80 Å². The summed E-state index contributed by atoms with van der Waals surface area (Å²) in [5.41, 5.74) is 0. The molecule has 22 heavy (non-hydrogen) atoms. The van der Waals surface area contributed by atoms with Crippen molar-refractivity contribution in [2.24, 2.45) is 0 Å². The summed E-state index contributed by atoms with van der Waals surface area (Å²) in [6.07, 6.45) is 15.8. The predicted molar refractivity (Wildman–Crippen MR) is 101 cm³/mol. The fraction of sp³-hybridized carbons (Fsp3) is 0.600. The molecule has 0 N–H and O–H groups in total. The second-order valence-electron chi connectivity index (χ2n) is 5.80. The molecule has 0 unspecified atom stereocenters. The van der Waals surface area contributed by atoms with Crippen molar-refractivity contribution in [1.29, 1.82) is 0 Å². The van der Waals surface area contributed by atoms with E-state index in [0.717, 1.165) is 39.3 Å². The van der Waals surface area contributed by atoms with E-state index in [1.165, 1.54) is 38.5 Å². The van der Waals surface area contributed by atoms with Crippen LogP contribution in [0.2, 0.25) is 0 Å². The smallest absolute Gasteiger partial charge is 0.0163 e. The minimum absolute atomic E-state index is 0.967. The zero-order valence-corrected chi connectivity index (χ0v) is 14.5. The van der Waals surface area contributed by atoms with Gasteiger partial charge in [-0.05, 0) is 25.9 Å². The summed E-state index contributed by atoms with van der Waals surface area (Å²) in [5, 5.41) is 0. The minimum atomic E-state index is 0.967. The Labute approximate surface area is 138 Å². The van der Waals surface area contributed by atoms with Gasteiger partial charge in [-0.25, -0.2) is 0 Å². The van der Waals surface area contributed by atoms with E-state index >= 15 is 0 Å². The van der Waals surface area contributed by atoms with Gasteiger partial charge in [-0.15, -0.1) is 26.3 Å². The molecular weight excluding hydrogens is 268 g/mol. The van der Waals surface area contributed by atoms with Crippen LogP contribution in [0.3, 0.4) is 0 Å². The molecule has 2 nitrogen and oxygen atoms in total. The first kappa shape index (κ1) is 20.9. The van der Waals surface area contributed by atoms with Gasteiger partial charge in [0.15, 0.2) is 0 Å². The molecule has 0 aromatic heterocycles. The molecule has 126 valence electrons. The maximum absolute atomic E-state index is 3.81. The molecule has 0 atom stereocenters. The molecular formula is C20H36N2. The Hall–Kier alpha value is -1.12. The maximum atomic E-state index is 3.81. The van der Waals surface area contributed by atoms with Crippen LogP contribution in [0.5, 0.6) is 0 Å². The Bertz CT molecular complexity index is 246. The second kappa shape index (κ2) is 16.3. The Balaban J connectivity index is 3.52. The maximum Gasteiger partial charge on any atom is 0.0163 e. The summed E-state index contributed by atoms with van der Waals surface area (Å²) in [6, 6.07) is 0. The van der Waals surface area contributed by atoms with Crippen LogP contribution in [0.15, 0.2) is 50.6 Å². The Morgan fingerprint density at radius 1 is 0.455 bits per heavy atom. The summed E-state index contributed by atoms with van der Waals surface area (Å²) in [4.78, 5) is 4.78. The van der Waals surface area contributed by atoms with Crippen LogP contribution in [-0.2, 0) is 0 Å². The summed E-state index contributed by atoms with van der Waals surface area (Å²) in [5.74, 6) is 0. The number of nitrogens with zero attached hydrogens (tertiary/aromatic N) is 2. The fourth-order valence-electron chi connectivity index (χ4n) is 2.62. The second-order valence-corrected chi connectivity index (χ2v) is 5.80. The van der Waals surface area contributed by atoms with Crippen LogP contribution in [0.25, 0.3) is 0 Å². The van der Waals surface area contributed by atoms with E-state index in [9.17, 15) is 0 Å². The molecule has 0 aliphatic heterocycles. The lowest BCUT2D eigenvalue weighted by Crippen LogP contribution is -2.25. The van der Waals surface area contributed by atoms with E-state index in [-0.39, 0.29) is 0 Å². The molecule has 2 heteroatoms. The van der Waals surface area contributed by atoms with Crippen LogP contribution in [0.1, 0.15) is 38.5 Å². The van der Waals surface area contributed by atoms with Crippen molar-refractivity contribution in [3.8, 4) is 0 Å². The third-order valence-electron chi connectivity index (χ3n) is 3.75. The lowest BCUT2D eigenvalue weighted by molar-refractivity contribution is 0.317.